The van der Waals surface area contributed by atoms with Crippen molar-refractivity contribution in [3.8, 4) is 17.2 Å². The van der Waals surface area contributed by atoms with Crippen LogP contribution in [0.4, 0.5) is 0 Å². The monoisotopic (exact) mass is 304 g/mol. The molecule has 0 unspecified atom stereocenters. The first-order chi connectivity index (χ1) is 9.97. The van der Waals surface area contributed by atoms with Crippen molar-refractivity contribution in [3.63, 3.8) is 0 Å². The van der Waals surface area contributed by atoms with Crippen LogP contribution in [0.25, 0.3) is 5.57 Å². The first-order valence-corrected chi connectivity index (χ1v) is 7.72. The summed E-state index contributed by atoms with van der Waals surface area (Å²) in [7, 11) is -3.50. The highest BCUT2D eigenvalue weighted by Gasteiger charge is 2.27. The third-order valence-electron chi connectivity index (χ3n) is 3.16. The average Bonchev–Trinajstić information content (AvgIpc) is 2.69. The Morgan fingerprint density at radius 1 is 1.05 bits per heavy atom. The summed E-state index contributed by atoms with van der Waals surface area (Å²) in [4.78, 5) is 0.149. The van der Waals surface area contributed by atoms with Gasteiger partial charge in [0.1, 0.15) is 12.4 Å². The van der Waals surface area contributed by atoms with Crippen LogP contribution >= 0.6 is 0 Å². The highest BCUT2D eigenvalue weighted by molar-refractivity contribution is 7.95. The lowest BCUT2D eigenvalue weighted by Crippen LogP contribution is -1.99. The van der Waals surface area contributed by atoms with Crippen molar-refractivity contribution >= 4 is 15.4 Å². The number of hydrogen-bond acceptors (Lipinski definition) is 5. The number of sulfone groups is 1. The molecule has 0 fully saturated rings. The predicted molar refractivity (Wildman–Crippen MR) is 76.9 cm³/mol. The second kappa shape index (κ2) is 4.82. The zero-order valence-corrected chi connectivity index (χ0v) is 11.7. The van der Waals surface area contributed by atoms with Gasteiger partial charge in [0, 0.05) is 16.5 Å². The van der Waals surface area contributed by atoms with E-state index in [-0.39, 0.29) is 28.8 Å². The number of ether oxygens (including phenoxy) is 1. The molecule has 0 aromatic heterocycles. The Kier molecular flexibility index (Phi) is 3.10. The van der Waals surface area contributed by atoms with Crippen LogP contribution in [0.3, 0.4) is 0 Å². The quantitative estimate of drug-likeness (QED) is 0.909. The van der Waals surface area contributed by atoms with Crippen molar-refractivity contribution in [2.45, 2.75) is 4.90 Å². The third kappa shape index (κ3) is 2.45. The summed E-state index contributed by atoms with van der Waals surface area (Å²) in [6.07, 6.45) is 0. The van der Waals surface area contributed by atoms with Gasteiger partial charge in [0.05, 0.1) is 4.90 Å². The van der Waals surface area contributed by atoms with Crippen molar-refractivity contribution in [2.75, 3.05) is 6.61 Å². The van der Waals surface area contributed by atoms with Crippen molar-refractivity contribution in [2.24, 2.45) is 0 Å². The van der Waals surface area contributed by atoms with Crippen molar-refractivity contribution in [3.05, 3.63) is 53.4 Å². The molecule has 0 saturated carbocycles. The summed E-state index contributed by atoms with van der Waals surface area (Å²) < 4.78 is 29.4. The van der Waals surface area contributed by atoms with Crippen LogP contribution in [0.5, 0.6) is 17.2 Å². The van der Waals surface area contributed by atoms with E-state index in [0.717, 1.165) is 5.41 Å². The van der Waals surface area contributed by atoms with E-state index < -0.39 is 9.84 Å². The highest BCUT2D eigenvalue weighted by atomic mass is 32.2. The molecule has 1 heterocycles. The molecule has 0 saturated heterocycles. The van der Waals surface area contributed by atoms with Gasteiger partial charge >= 0.3 is 0 Å². The summed E-state index contributed by atoms with van der Waals surface area (Å²) in [6, 6.07) is 10.5. The van der Waals surface area contributed by atoms with Crippen LogP contribution in [0.15, 0.2) is 52.8 Å². The molecule has 0 radical (unpaired) electrons. The summed E-state index contributed by atoms with van der Waals surface area (Å²) in [5, 5.41) is 20.3. The van der Waals surface area contributed by atoms with E-state index in [9.17, 15) is 18.6 Å². The second-order valence-corrected chi connectivity index (χ2v) is 6.39. The molecule has 2 N–H and O–H groups in total. The number of fused-ring (bicyclic) bond motifs is 1. The maximum atomic E-state index is 12.0. The van der Waals surface area contributed by atoms with Gasteiger partial charge in [0.25, 0.3) is 0 Å². The second-order valence-electron chi connectivity index (χ2n) is 4.62. The number of benzene rings is 2. The largest absolute Gasteiger partial charge is 0.508 e. The van der Waals surface area contributed by atoms with Crippen LogP contribution in [0.2, 0.25) is 0 Å². The number of hydrogen-bond donors (Lipinski definition) is 2. The summed E-state index contributed by atoms with van der Waals surface area (Å²) >= 11 is 0. The zero-order chi connectivity index (χ0) is 15.0. The van der Waals surface area contributed by atoms with Gasteiger partial charge in [-0.25, -0.2) is 8.42 Å². The van der Waals surface area contributed by atoms with E-state index in [2.05, 4.69) is 0 Å². The number of phenolic OH excluding ortho intramolecular Hbond substituents is 2. The molecule has 1 aliphatic heterocycles. The lowest BCUT2D eigenvalue weighted by Gasteiger charge is -2.09. The number of phenols is 2. The standard InChI is InChI=1S/C15H12O5S/c16-11-5-6-15-12(7-11)10(9-21(15,18)19)8-20-14-4-2-1-3-13(14)17/h1-7,9,16-17H,8H2. The molecule has 0 amide bonds. The van der Waals surface area contributed by atoms with Crippen molar-refractivity contribution in [1.29, 1.82) is 0 Å². The topological polar surface area (TPSA) is 83.8 Å². The first-order valence-electron chi connectivity index (χ1n) is 6.17. The first kappa shape index (κ1) is 13.5. The van der Waals surface area contributed by atoms with E-state index >= 15 is 0 Å². The molecule has 21 heavy (non-hydrogen) atoms. The zero-order valence-electron chi connectivity index (χ0n) is 10.9. The molecule has 2 aromatic carbocycles. The minimum Gasteiger partial charge on any atom is -0.508 e. The Labute approximate surface area is 121 Å². The van der Waals surface area contributed by atoms with Crippen LogP contribution in [0.1, 0.15) is 5.56 Å². The Morgan fingerprint density at radius 3 is 2.57 bits per heavy atom. The molecule has 3 rings (SSSR count). The van der Waals surface area contributed by atoms with Gasteiger partial charge in [-0.3, -0.25) is 0 Å². The maximum absolute atomic E-state index is 12.0. The molecule has 0 bridgehead atoms. The molecule has 0 aliphatic carbocycles. The van der Waals surface area contributed by atoms with Crippen LogP contribution in [0, 0.1) is 0 Å². The molecular formula is C15H12O5S. The van der Waals surface area contributed by atoms with Crippen molar-refractivity contribution in [1.82, 2.24) is 0 Å². The molecule has 108 valence electrons. The lowest BCUT2D eigenvalue weighted by atomic mass is 10.1. The average molecular weight is 304 g/mol. The van der Waals surface area contributed by atoms with Crippen LogP contribution in [-0.4, -0.2) is 25.2 Å². The highest BCUT2D eigenvalue weighted by Crippen LogP contribution is 2.36. The minimum atomic E-state index is -3.50. The number of para-hydroxylation sites is 2. The SMILES string of the molecule is O=S1(=O)C=C(COc2ccccc2O)c2cc(O)ccc21. The molecule has 6 heteroatoms. The van der Waals surface area contributed by atoms with E-state index in [1.165, 1.54) is 24.3 Å². The summed E-state index contributed by atoms with van der Waals surface area (Å²) in [6.45, 7) is -0.0206. The van der Waals surface area contributed by atoms with Crippen molar-refractivity contribution < 1.29 is 23.4 Å². The number of rotatable bonds is 3. The predicted octanol–water partition coefficient (Wildman–Crippen LogP) is 2.31. The molecule has 2 aromatic rings. The van der Waals surface area contributed by atoms with Gasteiger partial charge in [-0.2, -0.15) is 0 Å². The smallest absolute Gasteiger partial charge is 0.200 e. The van der Waals surface area contributed by atoms with Crippen LogP contribution < -0.4 is 4.74 Å². The Bertz CT molecular complexity index is 837. The normalized spacial score (nSPS) is 15.3. The van der Waals surface area contributed by atoms with Crippen LogP contribution in [-0.2, 0) is 9.84 Å². The van der Waals surface area contributed by atoms with E-state index in [1.54, 1.807) is 18.2 Å². The molecular weight excluding hydrogens is 292 g/mol. The van der Waals surface area contributed by atoms with Gasteiger partial charge in [-0.1, -0.05) is 12.1 Å². The molecule has 0 spiro atoms. The third-order valence-corrected chi connectivity index (χ3v) is 4.73. The molecule has 0 atom stereocenters. The fourth-order valence-electron chi connectivity index (χ4n) is 2.18. The summed E-state index contributed by atoms with van der Waals surface area (Å²) in [5.41, 5.74) is 0.856. The maximum Gasteiger partial charge on any atom is 0.200 e. The van der Waals surface area contributed by atoms with Gasteiger partial charge in [0.15, 0.2) is 11.5 Å². The van der Waals surface area contributed by atoms with Gasteiger partial charge in [-0.15, -0.1) is 0 Å². The van der Waals surface area contributed by atoms with E-state index in [1.807, 2.05) is 0 Å². The Balaban J connectivity index is 1.91. The van der Waals surface area contributed by atoms with Gasteiger partial charge in [-0.05, 0) is 30.3 Å². The molecule has 1 aliphatic rings. The summed E-state index contributed by atoms with van der Waals surface area (Å²) in [5.74, 6) is 0.235. The molecule has 5 nitrogen and oxygen atoms in total. The van der Waals surface area contributed by atoms with Gasteiger partial charge in [0.2, 0.25) is 9.84 Å². The van der Waals surface area contributed by atoms with E-state index in [4.69, 9.17) is 4.74 Å². The minimum absolute atomic E-state index is 0.0145. The number of aromatic hydroxyl groups is 2. The lowest BCUT2D eigenvalue weighted by molar-refractivity contribution is 0.341. The van der Waals surface area contributed by atoms with Gasteiger partial charge < -0.3 is 14.9 Å². The van der Waals surface area contributed by atoms with E-state index in [0.29, 0.717) is 11.1 Å². The Morgan fingerprint density at radius 2 is 1.81 bits per heavy atom. The fraction of sp³-hybridized carbons (Fsp3) is 0.0667. The fourth-order valence-corrected chi connectivity index (χ4v) is 3.63. The Hall–Kier alpha value is -2.47.